The summed E-state index contributed by atoms with van der Waals surface area (Å²) < 4.78 is 24.2. The fraction of sp³-hybridized carbons (Fsp3) is 0.571. The zero-order valence-electron chi connectivity index (χ0n) is 12.1. The molecule has 1 aromatic heterocycles. The molecule has 0 unspecified atom stereocenters. The highest BCUT2D eigenvalue weighted by Crippen LogP contribution is 2.34. The van der Waals surface area contributed by atoms with Gasteiger partial charge >= 0.3 is 6.09 Å². The van der Waals surface area contributed by atoms with Crippen LogP contribution >= 0.6 is 0 Å². The molecule has 20 heavy (non-hydrogen) atoms. The van der Waals surface area contributed by atoms with Crippen molar-refractivity contribution in [1.82, 2.24) is 9.88 Å². The maximum absolute atomic E-state index is 13.9. The van der Waals surface area contributed by atoms with Crippen molar-refractivity contribution in [3.63, 3.8) is 0 Å². The topological polar surface area (TPSA) is 51.7 Å². The highest BCUT2D eigenvalue weighted by atomic mass is 19.1. The van der Waals surface area contributed by atoms with Gasteiger partial charge in [0, 0.05) is 25.2 Å². The van der Waals surface area contributed by atoms with E-state index in [1.807, 2.05) is 20.8 Å². The van der Waals surface area contributed by atoms with E-state index in [0.29, 0.717) is 18.7 Å². The summed E-state index contributed by atoms with van der Waals surface area (Å²) >= 11 is 0. The highest BCUT2D eigenvalue weighted by molar-refractivity contribution is 5.69. The minimum atomic E-state index is -0.528. The molecule has 1 aliphatic heterocycles. The van der Waals surface area contributed by atoms with Crippen LogP contribution in [0.4, 0.5) is 9.18 Å². The molecule has 0 aliphatic carbocycles. The number of aromatic nitrogens is 1. The van der Waals surface area contributed by atoms with E-state index in [1.54, 1.807) is 4.90 Å². The monoisotopic (exact) mass is 282 g/mol. The second-order valence-corrected chi connectivity index (χ2v) is 5.80. The van der Waals surface area contributed by atoms with Crippen molar-refractivity contribution < 1.29 is 18.7 Å². The molecule has 2 rings (SSSR count). The van der Waals surface area contributed by atoms with Crippen LogP contribution in [0.1, 0.15) is 32.3 Å². The molecule has 2 heterocycles. The molecule has 1 saturated heterocycles. The predicted molar refractivity (Wildman–Crippen MR) is 71.3 cm³/mol. The van der Waals surface area contributed by atoms with E-state index in [1.165, 1.54) is 19.4 Å². The third kappa shape index (κ3) is 3.00. The van der Waals surface area contributed by atoms with Crippen LogP contribution in [0, 0.1) is 5.82 Å². The van der Waals surface area contributed by atoms with Crippen LogP contribution in [0.5, 0.6) is 5.88 Å². The fourth-order valence-corrected chi connectivity index (χ4v) is 2.10. The van der Waals surface area contributed by atoms with E-state index in [2.05, 4.69) is 4.98 Å². The zero-order valence-corrected chi connectivity index (χ0v) is 12.1. The zero-order chi connectivity index (χ0) is 14.9. The first-order valence-electron chi connectivity index (χ1n) is 6.48. The lowest BCUT2D eigenvalue weighted by Crippen LogP contribution is -2.50. The van der Waals surface area contributed by atoms with Crippen molar-refractivity contribution in [2.45, 2.75) is 32.3 Å². The Morgan fingerprint density at radius 2 is 2.10 bits per heavy atom. The van der Waals surface area contributed by atoms with E-state index in [0.717, 1.165) is 0 Å². The molecule has 110 valence electrons. The predicted octanol–water partition coefficient (Wildman–Crippen LogP) is 2.56. The first-order chi connectivity index (χ1) is 9.31. The molecule has 6 heteroatoms. The van der Waals surface area contributed by atoms with Crippen molar-refractivity contribution in [2.24, 2.45) is 0 Å². The van der Waals surface area contributed by atoms with Crippen LogP contribution in [0.3, 0.4) is 0 Å². The van der Waals surface area contributed by atoms with Gasteiger partial charge in [0.25, 0.3) is 0 Å². The summed E-state index contributed by atoms with van der Waals surface area (Å²) in [6.45, 7) is 6.26. The van der Waals surface area contributed by atoms with Crippen molar-refractivity contribution >= 4 is 6.09 Å². The summed E-state index contributed by atoms with van der Waals surface area (Å²) in [7, 11) is 1.45. The smallest absolute Gasteiger partial charge is 0.410 e. The molecule has 5 nitrogen and oxygen atoms in total. The van der Waals surface area contributed by atoms with E-state index in [4.69, 9.17) is 9.47 Å². The van der Waals surface area contributed by atoms with Crippen LogP contribution in [-0.2, 0) is 4.74 Å². The summed E-state index contributed by atoms with van der Waals surface area (Å²) in [5, 5.41) is 0. The number of likely N-dealkylation sites (tertiary alicyclic amines) is 1. The lowest BCUT2D eigenvalue weighted by atomic mass is 9.92. The third-order valence-electron chi connectivity index (χ3n) is 3.04. The molecule has 1 fully saturated rings. The normalized spacial score (nSPS) is 15.8. The molecule has 0 N–H and O–H groups in total. The average Bonchev–Trinajstić information content (AvgIpc) is 2.26. The third-order valence-corrected chi connectivity index (χ3v) is 3.04. The van der Waals surface area contributed by atoms with Gasteiger partial charge in [-0.1, -0.05) is 0 Å². The molecule has 0 saturated carbocycles. The first-order valence-corrected chi connectivity index (χ1v) is 6.48. The Morgan fingerprint density at radius 3 is 2.65 bits per heavy atom. The maximum atomic E-state index is 13.9. The number of hydrogen-bond acceptors (Lipinski definition) is 4. The van der Waals surface area contributed by atoms with Crippen LogP contribution < -0.4 is 4.74 Å². The Kier molecular flexibility index (Phi) is 3.83. The number of carbonyl (C=O) groups excluding carboxylic acids is 1. The fourth-order valence-electron chi connectivity index (χ4n) is 2.10. The molecule has 1 aromatic rings. The van der Waals surface area contributed by atoms with Gasteiger partial charge in [-0.2, -0.15) is 0 Å². The van der Waals surface area contributed by atoms with Crippen LogP contribution in [0.25, 0.3) is 0 Å². The Labute approximate surface area is 117 Å². The summed E-state index contributed by atoms with van der Waals surface area (Å²) in [4.78, 5) is 17.4. The number of hydrogen-bond donors (Lipinski definition) is 0. The Morgan fingerprint density at radius 1 is 1.45 bits per heavy atom. The van der Waals surface area contributed by atoms with Crippen molar-refractivity contribution in [3.8, 4) is 5.88 Å². The molecule has 0 bridgehead atoms. The molecule has 0 atom stereocenters. The standard InChI is InChI=1S/C14H19FN2O3/c1-14(2,3)20-13(18)17-7-9(8-17)11-10(15)5-6-16-12(11)19-4/h5-6,9H,7-8H2,1-4H3. The summed E-state index contributed by atoms with van der Waals surface area (Å²) in [6.07, 6.45) is 0.985. The Hall–Kier alpha value is -1.85. The van der Waals surface area contributed by atoms with Gasteiger partial charge in [-0.25, -0.2) is 14.2 Å². The number of pyridine rings is 1. The molecular weight excluding hydrogens is 263 g/mol. The van der Waals surface area contributed by atoms with Gasteiger partial charge in [-0.3, -0.25) is 0 Å². The quantitative estimate of drug-likeness (QED) is 0.836. The Bertz CT molecular complexity index is 508. The molecule has 1 aliphatic rings. The van der Waals surface area contributed by atoms with Crippen molar-refractivity contribution in [3.05, 3.63) is 23.6 Å². The average molecular weight is 282 g/mol. The molecule has 1 amide bonds. The van der Waals surface area contributed by atoms with Gasteiger partial charge in [-0.15, -0.1) is 0 Å². The van der Waals surface area contributed by atoms with Crippen LogP contribution in [0.15, 0.2) is 12.3 Å². The van der Waals surface area contributed by atoms with Gasteiger partial charge in [-0.05, 0) is 26.8 Å². The summed E-state index contributed by atoms with van der Waals surface area (Å²) in [5.74, 6) is -0.185. The number of rotatable bonds is 2. The number of ether oxygens (including phenoxy) is 2. The number of amides is 1. The molecule has 0 radical (unpaired) electrons. The Balaban J connectivity index is 2.02. The van der Waals surface area contributed by atoms with Gasteiger partial charge < -0.3 is 14.4 Å². The number of halogens is 1. The van der Waals surface area contributed by atoms with E-state index >= 15 is 0 Å². The number of carbonyl (C=O) groups is 1. The molecule has 0 aromatic carbocycles. The van der Waals surface area contributed by atoms with Gasteiger partial charge in [0.1, 0.15) is 11.4 Å². The van der Waals surface area contributed by atoms with Gasteiger partial charge in [0.05, 0.1) is 12.7 Å². The van der Waals surface area contributed by atoms with Gasteiger partial charge in [0.15, 0.2) is 0 Å². The van der Waals surface area contributed by atoms with E-state index < -0.39 is 5.60 Å². The molecule has 0 spiro atoms. The van der Waals surface area contributed by atoms with E-state index in [-0.39, 0.29) is 23.7 Å². The second-order valence-electron chi connectivity index (χ2n) is 5.80. The van der Waals surface area contributed by atoms with Crippen molar-refractivity contribution in [2.75, 3.05) is 20.2 Å². The lowest BCUT2D eigenvalue weighted by Gasteiger charge is -2.40. The number of nitrogens with zero attached hydrogens (tertiary/aromatic N) is 2. The highest BCUT2D eigenvalue weighted by Gasteiger charge is 2.37. The van der Waals surface area contributed by atoms with Crippen LogP contribution in [0.2, 0.25) is 0 Å². The minimum Gasteiger partial charge on any atom is -0.481 e. The largest absolute Gasteiger partial charge is 0.481 e. The SMILES string of the molecule is COc1nccc(F)c1C1CN(C(=O)OC(C)(C)C)C1. The first kappa shape index (κ1) is 14.6. The summed E-state index contributed by atoms with van der Waals surface area (Å²) in [6, 6.07) is 1.30. The maximum Gasteiger partial charge on any atom is 0.410 e. The van der Waals surface area contributed by atoms with E-state index in [9.17, 15) is 9.18 Å². The lowest BCUT2D eigenvalue weighted by molar-refractivity contribution is 0.00764. The second kappa shape index (κ2) is 5.26. The van der Waals surface area contributed by atoms with Crippen LogP contribution in [-0.4, -0.2) is 41.8 Å². The minimum absolute atomic E-state index is 0.105. The van der Waals surface area contributed by atoms with Gasteiger partial charge in [0.2, 0.25) is 5.88 Å². The summed E-state index contributed by atoms with van der Waals surface area (Å²) in [5.41, 5.74) is -0.103. The molecular formula is C14H19FN2O3. The number of methoxy groups -OCH3 is 1. The van der Waals surface area contributed by atoms with Crippen molar-refractivity contribution in [1.29, 1.82) is 0 Å².